The minimum absolute atomic E-state index is 0.0624. The fraction of sp³-hybridized carbons (Fsp3) is 0.400. The van der Waals surface area contributed by atoms with E-state index in [2.05, 4.69) is 14.7 Å². The fourth-order valence-electron chi connectivity index (χ4n) is 3.20. The van der Waals surface area contributed by atoms with E-state index in [0.29, 0.717) is 23.2 Å². The van der Waals surface area contributed by atoms with Crippen LogP contribution in [0.5, 0.6) is 0 Å². The van der Waals surface area contributed by atoms with Gasteiger partial charge in [0.1, 0.15) is 0 Å². The zero-order valence-corrected chi connectivity index (χ0v) is 11.6. The Bertz CT molecular complexity index is 766. The van der Waals surface area contributed by atoms with Gasteiger partial charge in [-0.25, -0.2) is 4.79 Å². The molecule has 108 valence electrons. The number of nitrogens with zero attached hydrogens (tertiary/aromatic N) is 2. The van der Waals surface area contributed by atoms with Crippen LogP contribution in [0.4, 0.5) is 0 Å². The molecule has 1 aromatic heterocycles. The van der Waals surface area contributed by atoms with Gasteiger partial charge in [0.2, 0.25) is 0 Å². The highest BCUT2D eigenvalue weighted by molar-refractivity contribution is 5.97. The highest BCUT2D eigenvalue weighted by atomic mass is 16.5. The third-order valence-corrected chi connectivity index (χ3v) is 4.53. The molecule has 1 aromatic carbocycles. The van der Waals surface area contributed by atoms with Crippen molar-refractivity contribution in [1.29, 1.82) is 0 Å². The zero-order chi connectivity index (χ0) is 14.6. The Morgan fingerprint density at radius 3 is 2.81 bits per heavy atom. The normalized spacial score (nSPS) is 23.2. The summed E-state index contributed by atoms with van der Waals surface area (Å²) in [7, 11) is 0. The second-order valence-corrected chi connectivity index (χ2v) is 5.89. The van der Waals surface area contributed by atoms with Crippen LogP contribution in [0, 0.1) is 18.8 Å². The molecule has 1 aliphatic carbocycles. The van der Waals surface area contributed by atoms with Crippen LogP contribution in [0.2, 0.25) is 0 Å². The van der Waals surface area contributed by atoms with Crippen molar-refractivity contribution in [2.75, 3.05) is 13.1 Å². The number of aromatic amines is 1. The number of hydrogen-bond acceptors (Lipinski definition) is 4. The number of carbonyl (C=O) groups excluding carboxylic acids is 1. The molecule has 1 amide bonds. The molecule has 2 aromatic rings. The van der Waals surface area contributed by atoms with Crippen molar-refractivity contribution in [3.8, 4) is 11.4 Å². The molecule has 0 bridgehead atoms. The van der Waals surface area contributed by atoms with Crippen LogP contribution < -0.4 is 5.76 Å². The summed E-state index contributed by atoms with van der Waals surface area (Å²) in [4.78, 5) is 28.2. The van der Waals surface area contributed by atoms with Gasteiger partial charge < -0.3 is 4.90 Å². The molecule has 2 unspecified atom stereocenters. The standard InChI is InChI=1S/C15H15N3O3/c1-8-11(13-16-15(20)21-17-13)3-2-4-12(8)14(19)18-6-9-5-10(9)7-18/h2-4,9-10H,5-7H2,1H3,(H,16,17,20). The minimum atomic E-state index is -0.597. The number of piperidine rings is 1. The summed E-state index contributed by atoms with van der Waals surface area (Å²) in [5.41, 5.74) is 2.20. The van der Waals surface area contributed by atoms with E-state index in [1.165, 1.54) is 6.42 Å². The highest BCUT2D eigenvalue weighted by Gasteiger charge is 2.46. The molecule has 1 aliphatic heterocycles. The molecule has 2 aliphatic rings. The fourth-order valence-corrected chi connectivity index (χ4v) is 3.20. The first-order valence-corrected chi connectivity index (χ1v) is 7.08. The zero-order valence-electron chi connectivity index (χ0n) is 11.6. The molecule has 4 rings (SSSR count). The van der Waals surface area contributed by atoms with Crippen LogP contribution in [0.1, 0.15) is 22.3 Å². The number of amides is 1. The van der Waals surface area contributed by atoms with Gasteiger partial charge in [0.15, 0.2) is 5.82 Å². The number of carbonyl (C=O) groups is 1. The van der Waals surface area contributed by atoms with Gasteiger partial charge >= 0.3 is 5.76 Å². The van der Waals surface area contributed by atoms with Crippen molar-refractivity contribution in [3.63, 3.8) is 0 Å². The maximum Gasteiger partial charge on any atom is 0.439 e. The number of fused-ring (bicyclic) bond motifs is 1. The lowest BCUT2D eigenvalue weighted by Crippen LogP contribution is -2.30. The third kappa shape index (κ3) is 1.98. The SMILES string of the molecule is Cc1c(C(=O)N2CC3CC3C2)cccc1-c1noc(=O)[nH]1. The Labute approximate surface area is 120 Å². The first-order valence-electron chi connectivity index (χ1n) is 7.08. The minimum Gasteiger partial charge on any atom is -0.338 e. The van der Waals surface area contributed by atoms with Gasteiger partial charge in [-0.15, -0.1) is 0 Å². The van der Waals surface area contributed by atoms with Crippen LogP contribution in [0.3, 0.4) is 0 Å². The smallest absolute Gasteiger partial charge is 0.338 e. The summed E-state index contributed by atoms with van der Waals surface area (Å²) >= 11 is 0. The lowest BCUT2D eigenvalue weighted by Gasteiger charge is -2.19. The molecule has 6 heteroatoms. The number of benzene rings is 1. The van der Waals surface area contributed by atoms with Crippen LogP contribution in [-0.2, 0) is 0 Å². The van der Waals surface area contributed by atoms with Crippen LogP contribution in [-0.4, -0.2) is 34.0 Å². The van der Waals surface area contributed by atoms with Crippen molar-refractivity contribution in [3.05, 3.63) is 39.9 Å². The van der Waals surface area contributed by atoms with Crippen LogP contribution >= 0.6 is 0 Å². The topological polar surface area (TPSA) is 79.2 Å². The quantitative estimate of drug-likeness (QED) is 0.905. The summed E-state index contributed by atoms with van der Waals surface area (Å²) in [6, 6.07) is 5.45. The van der Waals surface area contributed by atoms with Gasteiger partial charge in [0, 0.05) is 24.2 Å². The molecule has 2 atom stereocenters. The van der Waals surface area contributed by atoms with Crippen molar-refractivity contribution < 1.29 is 9.32 Å². The second-order valence-electron chi connectivity index (χ2n) is 5.89. The molecule has 21 heavy (non-hydrogen) atoms. The lowest BCUT2D eigenvalue weighted by molar-refractivity contribution is 0.0775. The Kier molecular flexibility index (Phi) is 2.54. The maximum atomic E-state index is 12.6. The van der Waals surface area contributed by atoms with E-state index in [-0.39, 0.29) is 5.91 Å². The highest BCUT2D eigenvalue weighted by Crippen LogP contribution is 2.45. The summed E-state index contributed by atoms with van der Waals surface area (Å²) in [5, 5.41) is 3.70. The average Bonchev–Trinajstić information content (AvgIpc) is 2.88. The second kappa shape index (κ2) is 4.31. The number of H-pyrrole nitrogens is 1. The number of hydrogen-bond donors (Lipinski definition) is 1. The molecule has 6 nitrogen and oxygen atoms in total. The molecule has 1 saturated heterocycles. The van der Waals surface area contributed by atoms with Crippen LogP contribution in [0.25, 0.3) is 11.4 Å². The molecule has 2 heterocycles. The van der Waals surface area contributed by atoms with Gasteiger partial charge in [0.05, 0.1) is 0 Å². The molecule has 0 radical (unpaired) electrons. The predicted molar refractivity (Wildman–Crippen MR) is 74.8 cm³/mol. The monoisotopic (exact) mass is 285 g/mol. The van der Waals surface area contributed by atoms with Gasteiger partial charge in [0.25, 0.3) is 5.91 Å². The van der Waals surface area contributed by atoms with Crippen molar-refractivity contribution in [2.24, 2.45) is 11.8 Å². The predicted octanol–water partition coefficient (Wildman–Crippen LogP) is 1.43. The van der Waals surface area contributed by atoms with Crippen molar-refractivity contribution in [1.82, 2.24) is 15.0 Å². The number of likely N-dealkylation sites (tertiary alicyclic amines) is 1. The number of aromatic nitrogens is 2. The third-order valence-electron chi connectivity index (χ3n) is 4.53. The Morgan fingerprint density at radius 1 is 1.38 bits per heavy atom. The van der Waals surface area contributed by atoms with E-state index >= 15 is 0 Å². The average molecular weight is 285 g/mol. The summed E-state index contributed by atoms with van der Waals surface area (Å²) < 4.78 is 4.54. The first-order chi connectivity index (χ1) is 10.1. The summed E-state index contributed by atoms with van der Waals surface area (Å²) in [5.74, 6) is 1.25. The van der Waals surface area contributed by atoms with Crippen molar-refractivity contribution >= 4 is 5.91 Å². The van der Waals surface area contributed by atoms with Crippen LogP contribution in [0.15, 0.2) is 27.5 Å². The Morgan fingerprint density at radius 2 is 2.14 bits per heavy atom. The van der Waals surface area contributed by atoms with Gasteiger partial charge in [-0.1, -0.05) is 17.3 Å². The number of rotatable bonds is 2. The van der Waals surface area contributed by atoms with Gasteiger partial charge in [-0.3, -0.25) is 14.3 Å². The lowest BCUT2D eigenvalue weighted by atomic mass is 10.0. The molecular formula is C15H15N3O3. The van der Waals surface area contributed by atoms with E-state index in [4.69, 9.17) is 0 Å². The van der Waals surface area contributed by atoms with Crippen molar-refractivity contribution in [2.45, 2.75) is 13.3 Å². The first kappa shape index (κ1) is 12.4. The van der Waals surface area contributed by atoms with E-state index < -0.39 is 5.76 Å². The summed E-state index contributed by atoms with van der Waals surface area (Å²) in [6.45, 7) is 3.61. The summed E-state index contributed by atoms with van der Waals surface area (Å²) in [6.07, 6.45) is 1.27. The molecule has 1 saturated carbocycles. The van der Waals surface area contributed by atoms with Gasteiger partial charge in [-0.05, 0) is 36.8 Å². The van der Waals surface area contributed by atoms with E-state index in [1.807, 2.05) is 24.0 Å². The van der Waals surface area contributed by atoms with Gasteiger partial charge in [-0.2, -0.15) is 0 Å². The molecule has 0 spiro atoms. The van der Waals surface area contributed by atoms with E-state index in [1.54, 1.807) is 6.07 Å². The van der Waals surface area contributed by atoms with E-state index in [0.717, 1.165) is 24.2 Å². The maximum absolute atomic E-state index is 12.6. The Balaban J connectivity index is 1.69. The largest absolute Gasteiger partial charge is 0.439 e. The molecule has 2 fully saturated rings. The number of nitrogens with one attached hydrogen (secondary N) is 1. The van der Waals surface area contributed by atoms with E-state index in [9.17, 15) is 9.59 Å². The molecule has 1 N–H and O–H groups in total. The molecular weight excluding hydrogens is 270 g/mol. The Hall–Kier alpha value is -2.37.